The van der Waals surface area contributed by atoms with E-state index in [2.05, 4.69) is 31.2 Å². The number of rotatable bonds is 4. The van der Waals surface area contributed by atoms with E-state index in [0.29, 0.717) is 6.04 Å². The molecule has 1 atom stereocenters. The molecule has 3 nitrogen and oxygen atoms in total. The summed E-state index contributed by atoms with van der Waals surface area (Å²) in [6, 6.07) is 0.457. The van der Waals surface area contributed by atoms with Gasteiger partial charge in [0, 0.05) is 24.3 Å². The third kappa shape index (κ3) is 2.10. The van der Waals surface area contributed by atoms with Gasteiger partial charge in [0.05, 0.1) is 6.20 Å². The fraction of sp³-hybridized carbons (Fsp3) is 0.700. The summed E-state index contributed by atoms with van der Waals surface area (Å²) in [5.41, 5.74) is 2.58. The topological polar surface area (TPSA) is 29.9 Å². The zero-order valence-electron chi connectivity index (χ0n) is 8.96. The first-order valence-electron chi connectivity index (χ1n) is 4.92. The average molecular weight is 181 g/mol. The van der Waals surface area contributed by atoms with Gasteiger partial charge >= 0.3 is 0 Å². The molecule has 0 aliphatic rings. The van der Waals surface area contributed by atoms with Crippen LogP contribution in [-0.2, 0) is 7.05 Å². The number of nitrogens with zero attached hydrogens (tertiary/aromatic N) is 2. The summed E-state index contributed by atoms with van der Waals surface area (Å²) in [6.07, 6.45) is 3.08. The molecule has 1 N–H and O–H groups in total. The van der Waals surface area contributed by atoms with Crippen LogP contribution < -0.4 is 5.32 Å². The lowest BCUT2D eigenvalue weighted by molar-refractivity contribution is 0.534. The normalized spacial score (nSPS) is 13.2. The van der Waals surface area contributed by atoms with E-state index in [4.69, 9.17) is 0 Å². The Kier molecular flexibility index (Phi) is 3.48. The predicted octanol–water partition coefficient (Wildman–Crippen LogP) is 1.79. The Labute approximate surface area is 80.1 Å². The van der Waals surface area contributed by atoms with Crippen molar-refractivity contribution in [3.05, 3.63) is 17.5 Å². The Morgan fingerprint density at radius 1 is 1.54 bits per heavy atom. The van der Waals surface area contributed by atoms with Crippen molar-refractivity contribution in [3.63, 3.8) is 0 Å². The molecule has 0 saturated carbocycles. The minimum atomic E-state index is 0.457. The predicted molar refractivity (Wildman–Crippen MR) is 54.7 cm³/mol. The van der Waals surface area contributed by atoms with E-state index in [9.17, 15) is 0 Å². The number of hydrogen-bond acceptors (Lipinski definition) is 2. The van der Waals surface area contributed by atoms with Crippen LogP contribution >= 0.6 is 0 Å². The van der Waals surface area contributed by atoms with Gasteiger partial charge in [-0.2, -0.15) is 5.10 Å². The van der Waals surface area contributed by atoms with Gasteiger partial charge in [-0.25, -0.2) is 0 Å². The fourth-order valence-corrected chi connectivity index (χ4v) is 1.58. The molecule has 13 heavy (non-hydrogen) atoms. The molecule has 0 aliphatic heterocycles. The molecule has 0 radical (unpaired) electrons. The van der Waals surface area contributed by atoms with E-state index < -0.39 is 0 Å². The molecule has 1 aromatic heterocycles. The minimum Gasteiger partial charge on any atom is -0.310 e. The maximum absolute atomic E-state index is 4.24. The number of hydrogen-bond donors (Lipinski definition) is 1. The van der Waals surface area contributed by atoms with Gasteiger partial charge in [0.2, 0.25) is 0 Å². The van der Waals surface area contributed by atoms with E-state index in [-0.39, 0.29) is 0 Å². The molecule has 1 aromatic rings. The number of aryl methyl sites for hydroxylation is 1. The molecule has 74 valence electrons. The molecule has 0 saturated heterocycles. The summed E-state index contributed by atoms with van der Waals surface area (Å²) in [7, 11) is 1.98. The minimum absolute atomic E-state index is 0.457. The van der Waals surface area contributed by atoms with Crippen molar-refractivity contribution in [3.8, 4) is 0 Å². The van der Waals surface area contributed by atoms with Crippen molar-refractivity contribution in [1.29, 1.82) is 0 Å². The third-order valence-electron chi connectivity index (χ3n) is 2.51. The van der Waals surface area contributed by atoms with Crippen molar-refractivity contribution in [2.45, 2.75) is 33.2 Å². The molecule has 0 bridgehead atoms. The summed E-state index contributed by atoms with van der Waals surface area (Å²) in [4.78, 5) is 0. The van der Waals surface area contributed by atoms with Gasteiger partial charge < -0.3 is 5.32 Å². The maximum Gasteiger partial charge on any atom is 0.0540 e. The Hall–Kier alpha value is -0.830. The van der Waals surface area contributed by atoms with Crippen LogP contribution in [0, 0.1) is 6.92 Å². The van der Waals surface area contributed by atoms with E-state index in [1.807, 2.05) is 17.9 Å². The summed E-state index contributed by atoms with van der Waals surface area (Å²) in [5.74, 6) is 0. The molecule has 0 amide bonds. The summed E-state index contributed by atoms with van der Waals surface area (Å²) in [6.45, 7) is 7.45. The zero-order chi connectivity index (χ0) is 9.84. The standard InChI is InChI=1S/C10H19N3/c1-5-10(11-6-2)9-7-12-13(4)8(9)3/h7,10-11H,5-6H2,1-4H3. The van der Waals surface area contributed by atoms with Crippen LogP contribution in [0.5, 0.6) is 0 Å². The van der Waals surface area contributed by atoms with Crippen LogP contribution in [0.1, 0.15) is 37.6 Å². The first kappa shape index (κ1) is 10.3. The van der Waals surface area contributed by atoms with Crippen LogP contribution in [0.25, 0.3) is 0 Å². The van der Waals surface area contributed by atoms with Gasteiger partial charge in [-0.15, -0.1) is 0 Å². The van der Waals surface area contributed by atoms with Crippen LogP contribution in [0.3, 0.4) is 0 Å². The highest BCUT2D eigenvalue weighted by atomic mass is 15.3. The quantitative estimate of drug-likeness (QED) is 0.767. The van der Waals surface area contributed by atoms with Crippen molar-refractivity contribution in [2.75, 3.05) is 6.54 Å². The average Bonchev–Trinajstić information content (AvgIpc) is 2.45. The Morgan fingerprint density at radius 2 is 2.23 bits per heavy atom. The maximum atomic E-state index is 4.24. The van der Waals surface area contributed by atoms with Gasteiger partial charge in [0.15, 0.2) is 0 Å². The van der Waals surface area contributed by atoms with Crippen molar-refractivity contribution in [1.82, 2.24) is 15.1 Å². The van der Waals surface area contributed by atoms with Gasteiger partial charge in [0.1, 0.15) is 0 Å². The fourth-order valence-electron chi connectivity index (χ4n) is 1.58. The molecule has 0 aliphatic carbocycles. The highest BCUT2D eigenvalue weighted by molar-refractivity contribution is 5.20. The lowest BCUT2D eigenvalue weighted by atomic mass is 10.1. The second-order valence-corrected chi connectivity index (χ2v) is 3.33. The van der Waals surface area contributed by atoms with E-state index >= 15 is 0 Å². The molecule has 1 rings (SSSR count). The third-order valence-corrected chi connectivity index (χ3v) is 2.51. The van der Waals surface area contributed by atoms with E-state index in [1.165, 1.54) is 11.3 Å². The molecule has 3 heteroatoms. The van der Waals surface area contributed by atoms with Crippen LogP contribution in [-0.4, -0.2) is 16.3 Å². The summed E-state index contributed by atoms with van der Waals surface area (Å²) < 4.78 is 1.93. The van der Waals surface area contributed by atoms with Crippen molar-refractivity contribution >= 4 is 0 Å². The SMILES string of the molecule is CCNC(CC)c1cnn(C)c1C. The van der Waals surface area contributed by atoms with Gasteiger partial charge in [-0.3, -0.25) is 4.68 Å². The lowest BCUT2D eigenvalue weighted by Crippen LogP contribution is -2.20. The molecule has 1 heterocycles. The highest BCUT2D eigenvalue weighted by Crippen LogP contribution is 2.19. The van der Waals surface area contributed by atoms with Crippen molar-refractivity contribution < 1.29 is 0 Å². The smallest absolute Gasteiger partial charge is 0.0540 e. The first-order valence-corrected chi connectivity index (χ1v) is 4.92. The van der Waals surface area contributed by atoms with Crippen LogP contribution in [0.4, 0.5) is 0 Å². The summed E-state index contributed by atoms with van der Waals surface area (Å²) in [5, 5.41) is 7.69. The van der Waals surface area contributed by atoms with Crippen LogP contribution in [0.2, 0.25) is 0 Å². The Balaban J connectivity index is 2.84. The Morgan fingerprint density at radius 3 is 2.62 bits per heavy atom. The molecular weight excluding hydrogens is 162 g/mol. The number of aromatic nitrogens is 2. The molecule has 0 aromatic carbocycles. The molecule has 1 unspecified atom stereocenters. The van der Waals surface area contributed by atoms with Crippen LogP contribution in [0.15, 0.2) is 6.20 Å². The highest BCUT2D eigenvalue weighted by Gasteiger charge is 2.12. The van der Waals surface area contributed by atoms with Crippen molar-refractivity contribution in [2.24, 2.45) is 7.05 Å². The van der Waals surface area contributed by atoms with Gasteiger partial charge in [-0.05, 0) is 19.9 Å². The van der Waals surface area contributed by atoms with Gasteiger partial charge in [-0.1, -0.05) is 13.8 Å². The Bertz CT molecular complexity index is 265. The van der Waals surface area contributed by atoms with E-state index in [1.54, 1.807) is 0 Å². The monoisotopic (exact) mass is 181 g/mol. The van der Waals surface area contributed by atoms with Gasteiger partial charge in [0.25, 0.3) is 0 Å². The largest absolute Gasteiger partial charge is 0.310 e. The molecular formula is C10H19N3. The number of nitrogens with one attached hydrogen (secondary N) is 1. The van der Waals surface area contributed by atoms with E-state index in [0.717, 1.165) is 13.0 Å². The summed E-state index contributed by atoms with van der Waals surface area (Å²) >= 11 is 0. The first-order chi connectivity index (χ1) is 6.20. The molecule has 0 fully saturated rings. The second-order valence-electron chi connectivity index (χ2n) is 3.33. The molecule has 0 spiro atoms. The second kappa shape index (κ2) is 4.42. The zero-order valence-corrected chi connectivity index (χ0v) is 8.96. The lowest BCUT2D eigenvalue weighted by Gasteiger charge is -2.15.